The number of benzene rings is 2. The topological polar surface area (TPSA) is 70.7 Å². The molecule has 162 valence electrons. The van der Waals surface area contributed by atoms with Gasteiger partial charge in [0.2, 0.25) is 5.91 Å². The summed E-state index contributed by atoms with van der Waals surface area (Å²) in [5, 5.41) is 5.55. The highest BCUT2D eigenvalue weighted by atomic mass is 19.3. The average Bonchev–Trinajstić information content (AvgIpc) is 2.67. The summed E-state index contributed by atoms with van der Waals surface area (Å²) in [5.74, 6) is 0.00344. The lowest BCUT2D eigenvalue weighted by molar-refractivity contribution is -0.116. The maximum Gasteiger partial charge on any atom is 0.317 e. The van der Waals surface area contributed by atoms with Gasteiger partial charge in [0.05, 0.1) is 0 Å². The summed E-state index contributed by atoms with van der Waals surface area (Å²) in [6.45, 7) is 5.21. The number of carbonyl (C=O) groups is 2. The first-order valence-electron chi connectivity index (χ1n) is 9.52. The van der Waals surface area contributed by atoms with Crippen LogP contribution >= 0.6 is 0 Å². The predicted octanol–water partition coefficient (Wildman–Crippen LogP) is 4.04. The van der Waals surface area contributed by atoms with Crippen molar-refractivity contribution >= 4 is 17.6 Å². The van der Waals surface area contributed by atoms with Gasteiger partial charge in [0, 0.05) is 19.3 Å². The summed E-state index contributed by atoms with van der Waals surface area (Å²) in [6.07, 6.45) is -2.55. The Morgan fingerprint density at radius 2 is 1.77 bits per heavy atom. The van der Waals surface area contributed by atoms with Crippen molar-refractivity contribution in [1.82, 2.24) is 10.2 Å². The molecular formula is C22H27F2N3O3. The number of alkyl halides is 2. The third kappa shape index (κ3) is 7.02. The van der Waals surface area contributed by atoms with E-state index in [1.165, 1.54) is 11.9 Å². The number of anilines is 1. The lowest BCUT2D eigenvalue weighted by Crippen LogP contribution is -2.41. The monoisotopic (exact) mass is 419 g/mol. The molecule has 2 aromatic carbocycles. The maximum atomic E-state index is 12.4. The van der Waals surface area contributed by atoms with Crippen molar-refractivity contribution in [2.24, 2.45) is 0 Å². The summed E-state index contributed by atoms with van der Waals surface area (Å²) in [5.41, 5.74) is 4.48. The summed E-state index contributed by atoms with van der Waals surface area (Å²) in [4.78, 5) is 25.9. The largest absolute Gasteiger partial charge is 0.488 e. The van der Waals surface area contributed by atoms with Crippen molar-refractivity contribution in [2.45, 2.75) is 33.7 Å². The second-order valence-electron chi connectivity index (χ2n) is 7.19. The molecule has 0 radical (unpaired) electrons. The molecule has 6 nitrogen and oxygen atoms in total. The fourth-order valence-electron chi connectivity index (χ4n) is 3.06. The smallest absolute Gasteiger partial charge is 0.317 e. The standard InChI is InChI=1S/C22H27F2N3O3/c1-14-8-15(2)21(16(3)9-14)26-20(28)12-27(4)22(29)25-11-17-6-5-7-18(10-17)30-13-19(23)24/h5-10,19H,11-13H2,1-4H3,(H,25,29)(H,26,28). The van der Waals surface area contributed by atoms with Crippen LogP contribution in [0.5, 0.6) is 5.75 Å². The molecule has 30 heavy (non-hydrogen) atoms. The number of nitrogens with one attached hydrogen (secondary N) is 2. The van der Waals surface area contributed by atoms with Crippen molar-refractivity contribution in [2.75, 3.05) is 25.5 Å². The van der Waals surface area contributed by atoms with E-state index in [1.54, 1.807) is 24.3 Å². The lowest BCUT2D eigenvalue weighted by Gasteiger charge is -2.19. The molecule has 0 unspecified atom stereocenters. The fourth-order valence-corrected chi connectivity index (χ4v) is 3.06. The number of carbonyl (C=O) groups excluding carboxylic acids is 2. The van der Waals surface area contributed by atoms with E-state index < -0.39 is 19.1 Å². The molecule has 2 rings (SSSR count). The van der Waals surface area contributed by atoms with Gasteiger partial charge in [-0.3, -0.25) is 4.79 Å². The summed E-state index contributed by atoms with van der Waals surface area (Å²) in [7, 11) is 1.52. The minimum Gasteiger partial charge on any atom is -0.488 e. The van der Waals surface area contributed by atoms with Crippen molar-refractivity contribution in [1.29, 1.82) is 0 Å². The van der Waals surface area contributed by atoms with Crippen LogP contribution in [0.1, 0.15) is 22.3 Å². The van der Waals surface area contributed by atoms with Crippen LogP contribution in [0.15, 0.2) is 36.4 Å². The average molecular weight is 419 g/mol. The maximum absolute atomic E-state index is 12.4. The normalized spacial score (nSPS) is 10.6. The summed E-state index contributed by atoms with van der Waals surface area (Å²) in [6, 6.07) is 10.1. The Hall–Kier alpha value is -3.16. The number of rotatable bonds is 8. The number of urea groups is 1. The number of nitrogens with zero attached hydrogens (tertiary/aromatic N) is 1. The van der Waals surface area contributed by atoms with Gasteiger partial charge in [-0.15, -0.1) is 0 Å². The van der Waals surface area contributed by atoms with Crippen LogP contribution < -0.4 is 15.4 Å². The third-order valence-electron chi connectivity index (χ3n) is 4.39. The van der Waals surface area contributed by atoms with E-state index >= 15 is 0 Å². The molecule has 0 aromatic heterocycles. The second-order valence-corrected chi connectivity index (χ2v) is 7.19. The van der Waals surface area contributed by atoms with Crippen LogP contribution in [-0.4, -0.2) is 43.5 Å². The molecular weight excluding hydrogens is 392 g/mol. The number of likely N-dealkylation sites (N-methyl/N-ethyl adjacent to an activating group) is 1. The van der Waals surface area contributed by atoms with E-state index in [9.17, 15) is 18.4 Å². The van der Waals surface area contributed by atoms with Crippen LogP contribution in [0.3, 0.4) is 0 Å². The van der Waals surface area contributed by atoms with Crippen molar-refractivity contribution in [3.05, 3.63) is 58.7 Å². The molecule has 0 heterocycles. The van der Waals surface area contributed by atoms with Gasteiger partial charge in [-0.25, -0.2) is 13.6 Å². The number of amides is 3. The molecule has 0 saturated heterocycles. The molecule has 0 aliphatic heterocycles. The number of ether oxygens (including phenoxy) is 1. The van der Waals surface area contributed by atoms with Gasteiger partial charge < -0.3 is 20.3 Å². The minimum absolute atomic E-state index is 0.115. The minimum atomic E-state index is -2.55. The van der Waals surface area contributed by atoms with E-state index in [0.29, 0.717) is 11.3 Å². The van der Waals surface area contributed by atoms with Gasteiger partial charge in [-0.2, -0.15) is 0 Å². The Balaban J connectivity index is 1.86. The molecule has 0 atom stereocenters. The Bertz CT molecular complexity index is 880. The number of hydrogen-bond acceptors (Lipinski definition) is 3. The molecule has 3 amide bonds. The predicted molar refractivity (Wildman–Crippen MR) is 112 cm³/mol. The fraction of sp³-hybridized carbons (Fsp3) is 0.364. The lowest BCUT2D eigenvalue weighted by atomic mass is 10.1. The zero-order valence-corrected chi connectivity index (χ0v) is 17.6. The SMILES string of the molecule is Cc1cc(C)c(NC(=O)CN(C)C(=O)NCc2cccc(OCC(F)F)c2)c(C)c1. The Labute approximate surface area is 175 Å². The first-order valence-corrected chi connectivity index (χ1v) is 9.52. The quantitative estimate of drug-likeness (QED) is 0.679. The molecule has 0 bridgehead atoms. The van der Waals surface area contributed by atoms with Crippen LogP contribution in [0.25, 0.3) is 0 Å². The van der Waals surface area contributed by atoms with Crippen LogP contribution in [0.2, 0.25) is 0 Å². The van der Waals surface area contributed by atoms with Gasteiger partial charge in [-0.1, -0.05) is 29.8 Å². The van der Waals surface area contributed by atoms with Gasteiger partial charge in [0.15, 0.2) is 0 Å². The molecule has 0 fully saturated rings. The first-order chi connectivity index (χ1) is 14.2. The van der Waals surface area contributed by atoms with Gasteiger partial charge in [0.25, 0.3) is 6.43 Å². The molecule has 8 heteroatoms. The molecule has 0 spiro atoms. The van der Waals surface area contributed by atoms with Crippen molar-refractivity contribution in [3.63, 3.8) is 0 Å². The second kappa shape index (κ2) is 10.6. The highest BCUT2D eigenvalue weighted by molar-refractivity contribution is 5.95. The Kier molecular flexibility index (Phi) is 8.15. The van der Waals surface area contributed by atoms with E-state index in [4.69, 9.17) is 4.74 Å². The zero-order valence-electron chi connectivity index (χ0n) is 17.6. The zero-order chi connectivity index (χ0) is 22.3. The van der Waals surface area contributed by atoms with Gasteiger partial charge >= 0.3 is 6.03 Å². The molecule has 2 N–H and O–H groups in total. The number of hydrogen-bond donors (Lipinski definition) is 2. The van der Waals surface area contributed by atoms with E-state index in [-0.39, 0.29) is 19.0 Å². The third-order valence-corrected chi connectivity index (χ3v) is 4.39. The van der Waals surface area contributed by atoms with Crippen LogP contribution in [0.4, 0.5) is 19.3 Å². The molecule has 0 saturated carbocycles. The van der Waals surface area contributed by atoms with Crippen molar-refractivity contribution < 1.29 is 23.1 Å². The molecule has 2 aromatic rings. The Morgan fingerprint density at radius 3 is 2.40 bits per heavy atom. The molecule has 0 aliphatic carbocycles. The van der Waals surface area contributed by atoms with Crippen molar-refractivity contribution in [3.8, 4) is 5.75 Å². The first kappa shape index (κ1) is 23.1. The molecule has 0 aliphatic rings. The van der Waals surface area contributed by atoms with Crippen LogP contribution in [0, 0.1) is 20.8 Å². The highest BCUT2D eigenvalue weighted by Crippen LogP contribution is 2.21. The van der Waals surface area contributed by atoms with Gasteiger partial charge in [0.1, 0.15) is 18.9 Å². The summed E-state index contributed by atoms with van der Waals surface area (Å²) >= 11 is 0. The highest BCUT2D eigenvalue weighted by Gasteiger charge is 2.15. The van der Waals surface area contributed by atoms with E-state index in [1.807, 2.05) is 32.9 Å². The van der Waals surface area contributed by atoms with Gasteiger partial charge in [-0.05, 0) is 49.6 Å². The Morgan fingerprint density at radius 1 is 1.10 bits per heavy atom. The number of halogens is 2. The van der Waals surface area contributed by atoms with Crippen LogP contribution in [-0.2, 0) is 11.3 Å². The number of aryl methyl sites for hydroxylation is 3. The van der Waals surface area contributed by atoms with E-state index in [2.05, 4.69) is 10.6 Å². The summed E-state index contributed by atoms with van der Waals surface area (Å²) < 4.78 is 29.5. The van der Waals surface area contributed by atoms with E-state index in [0.717, 1.165) is 22.4 Å².